The van der Waals surface area contributed by atoms with Crippen molar-refractivity contribution in [2.24, 2.45) is 0 Å². The number of rotatable bonds is 8. The highest BCUT2D eigenvalue weighted by atomic mass is 32.2. The summed E-state index contributed by atoms with van der Waals surface area (Å²) in [6, 6.07) is 4.64. The van der Waals surface area contributed by atoms with Gasteiger partial charge in [-0.05, 0) is 50.6 Å². The van der Waals surface area contributed by atoms with Gasteiger partial charge in [-0.1, -0.05) is 6.07 Å². The van der Waals surface area contributed by atoms with Crippen molar-refractivity contribution in [3.8, 4) is 5.75 Å². The van der Waals surface area contributed by atoms with Crippen LogP contribution in [0.1, 0.15) is 25.3 Å². The number of carbonyl (C=O) groups excluding carboxylic acids is 2. The molecule has 8 nitrogen and oxygen atoms in total. The van der Waals surface area contributed by atoms with Gasteiger partial charge in [-0.2, -0.15) is 0 Å². The molecule has 1 aromatic rings. The standard InChI is InChI=1S/C17H22N2O6S/c1-11(17(21)19-13-6-7-13)25-16(20)9-5-12-4-8-14(24-3)15(10-12)26(22,23)18-2/h4-5,8-11,13,18H,6-7H2,1-3H3,(H,19,21)/b9-5+. The lowest BCUT2D eigenvalue weighted by Crippen LogP contribution is -2.36. The van der Waals surface area contributed by atoms with Crippen molar-refractivity contribution in [1.82, 2.24) is 10.0 Å². The van der Waals surface area contributed by atoms with Gasteiger partial charge < -0.3 is 14.8 Å². The molecular formula is C17H22N2O6S. The molecule has 0 bridgehead atoms. The molecule has 1 aliphatic carbocycles. The fourth-order valence-electron chi connectivity index (χ4n) is 2.09. The highest BCUT2D eigenvalue weighted by Gasteiger charge is 2.26. The number of sulfonamides is 1. The Bertz CT molecular complexity index is 815. The SMILES string of the molecule is CNS(=O)(=O)c1cc(/C=C/C(=O)OC(C)C(=O)NC2CC2)ccc1OC. The Balaban J connectivity index is 2.05. The van der Waals surface area contributed by atoms with Crippen LogP contribution in [0.3, 0.4) is 0 Å². The van der Waals surface area contributed by atoms with Crippen molar-refractivity contribution in [3.05, 3.63) is 29.8 Å². The average Bonchev–Trinajstić information content (AvgIpc) is 3.43. The summed E-state index contributed by atoms with van der Waals surface area (Å²) in [7, 11) is -1.06. The molecule has 0 aliphatic heterocycles. The number of methoxy groups -OCH3 is 1. The monoisotopic (exact) mass is 382 g/mol. The third kappa shape index (κ3) is 5.30. The van der Waals surface area contributed by atoms with Crippen molar-refractivity contribution in [2.45, 2.75) is 36.8 Å². The highest BCUT2D eigenvalue weighted by molar-refractivity contribution is 7.89. The molecule has 1 unspecified atom stereocenters. The van der Waals surface area contributed by atoms with E-state index in [0.29, 0.717) is 5.56 Å². The minimum atomic E-state index is -3.72. The van der Waals surface area contributed by atoms with E-state index in [4.69, 9.17) is 9.47 Å². The lowest BCUT2D eigenvalue weighted by Gasteiger charge is -2.11. The Labute approximate surface area is 152 Å². The van der Waals surface area contributed by atoms with Crippen LogP contribution in [0.25, 0.3) is 6.08 Å². The molecule has 1 saturated carbocycles. The van der Waals surface area contributed by atoms with E-state index in [-0.39, 0.29) is 22.6 Å². The molecule has 0 heterocycles. The van der Waals surface area contributed by atoms with Crippen molar-refractivity contribution in [1.29, 1.82) is 0 Å². The first-order valence-corrected chi connectivity index (χ1v) is 9.56. The summed E-state index contributed by atoms with van der Waals surface area (Å²) in [6.45, 7) is 1.49. The van der Waals surface area contributed by atoms with E-state index < -0.39 is 22.1 Å². The predicted molar refractivity (Wildman–Crippen MR) is 95.0 cm³/mol. The molecule has 1 atom stereocenters. The smallest absolute Gasteiger partial charge is 0.331 e. The number of benzene rings is 1. The van der Waals surface area contributed by atoms with Crippen LogP contribution >= 0.6 is 0 Å². The van der Waals surface area contributed by atoms with Crippen molar-refractivity contribution < 1.29 is 27.5 Å². The summed E-state index contributed by atoms with van der Waals surface area (Å²) in [6.07, 6.45) is 3.54. The first-order chi connectivity index (χ1) is 12.3. The highest BCUT2D eigenvalue weighted by Crippen LogP contribution is 2.25. The Morgan fingerprint density at radius 1 is 1.31 bits per heavy atom. The number of hydrogen-bond acceptors (Lipinski definition) is 6. The van der Waals surface area contributed by atoms with Gasteiger partial charge in [0.1, 0.15) is 10.6 Å². The van der Waals surface area contributed by atoms with Crippen LogP contribution in [-0.4, -0.2) is 46.6 Å². The second kappa shape index (κ2) is 8.33. The molecule has 9 heteroatoms. The summed E-state index contributed by atoms with van der Waals surface area (Å²) in [5, 5.41) is 2.75. The molecule has 0 saturated heterocycles. The summed E-state index contributed by atoms with van der Waals surface area (Å²) in [5.74, 6) is -0.845. The number of nitrogens with one attached hydrogen (secondary N) is 2. The van der Waals surface area contributed by atoms with Gasteiger partial charge in [0.05, 0.1) is 7.11 Å². The van der Waals surface area contributed by atoms with E-state index in [1.165, 1.54) is 39.3 Å². The minimum absolute atomic E-state index is 0.0461. The number of hydrogen-bond donors (Lipinski definition) is 2. The second-order valence-corrected chi connectivity index (χ2v) is 7.67. The quantitative estimate of drug-likeness (QED) is 0.509. The number of ether oxygens (including phenoxy) is 2. The topological polar surface area (TPSA) is 111 Å². The zero-order valence-electron chi connectivity index (χ0n) is 14.8. The average molecular weight is 382 g/mol. The van der Waals surface area contributed by atoms with Gasteiger partial charge in [0.15, 0.2) is 6.10 Å². The van der Waals surface area contributed by atoms with Gasteiger partial charge in [0, 0.05) is 12.1 Å². The van der Waals surface area contributed by atoms with E-state index in [1.54, 1.807) is 6.07 Å². The number of amides is 1. The van der Waals surface area contributed by atoms with Crippen molar-refractivity contribution in [2.75, 3.05) is 14.2 Å². The minimum Gasteiger partial charge on any atom is -0.495 e. The second-order valence-electron chi connectivity index (χ2n) is 5.81. The third-order valence-electron chi connectivity index (χ3n) is 3.74. The molecule has 1 amide bonds. The van der Waals surface area contributed by atoms with Crippen molar-refractivity contribution >= 4 is 28.0 Å². The summed E-state index contributed by atoms with van der Waals surface area (Å²) in [5.41, 5.74) is 0.465. The predicted octanol–water partition coefficient (Wildman–Crippen LogP) is 0.827. The Morgan fingerprint density at radius 3 is 2.58 bits per heavy atom. The third-order valence-corrected chi connectivity index (χ3v) is 5.18. The van der Waals surface area contributed by atoms with Crippen molar-refractivity contribution in [3.63, 3.8) is 0 Å². The first kappa shape index (κ1) is 19.9. The maximum Gasteiger partial charge on any atom is 0.331 e. The summed E-state index contributed by atoms with van der Waals surface area (Å²) in [4.78, 5) is 23.6. The molecule has 142 valence electrons. The molecule has 1 fully saturated rings. The van der Waals surface area contributed by atoms with Crippen LogP contribution in [0.2, 0.25) is 0 Å². The van der Waals surface area contributed by atoms with Crippen LogP contribution in [0, 0.1) is 0 Å². The van der Waals surface area contributed by atoms with Crippen LogP contribution < -0.4 is 14.8 Å². The molecule has 2 rings (SSSR count). The molecule has 1 aliphatic rings. The van der Waals surface area contributed by atoms with E-state index in [0.717, 1.165) is 18.9 Å². The molecule has 26 heavy (non-hydrogen) atoms. The normalized spacial score (nSPS) is 15.5. The Kier molecular flexibility index (Phi) is 6.38. The Morgan fingerprint density at radius 2 is 2.00 bits per heavy atom. The van der Waals surface area contributed by atoms with Gasteiger partial charge in [0.2, 0.25) is 10.0 Å². The number of carbonyl (C=O) groups is 2. The van der Waals surface area contributed by atoms with E-state index in [9.17, 15) is 18.0 Å². The zero-order valence-corrected chi connectivity index (χ0v) is 15.6. The van der Waals surface area contributed by atoms with Gasteiger partial charge in [-0.3, -0.25) is 4.79 Å². The molecule has 0 spiro atoms. The zero-order chi connectivity index (χ0) is 19.3. The van der Waals surface area contributed by atoms with Gasteiger partial charge in [0.25, 0.3) is 5.91 Å². The summed E-state index contributed by atoms with van der Waals surface area (Å²) < 4.78 is 36.4. The van der Waals surface area contributed by atoms with E-state index in [2.05, 4.69) is 10.0 Å². The fraction of sp³-hybridized carbons (Fsp3) is 0.412. The van der Waals surface area contributed by atoms with Gasteiger partial charge >= 0.3 is 5.97 Å². The Hall–Kier alpha value is -2.39. The lowest BCUT2D eigenvalue weighted by atomic mass is 10.2. The lowest BCUT2D eigenvalue weighted by molar-refractivity contribution is -0.150. The number of esters is 1. The molecule has 1 aromatic carbocycles. The van der Waals surface area contributed by atoms with E-state index >= 15 is 0 Å². The molecular weight excluding hydrogens is 360 g/mol. The molecule has 0 aromatic heterocycles. The van der Waals surface area contributed by atoms with Crippen LogP contribution in [0.15, 0.2) is 29.2 Å². The molecule has 2 N–H and O–H groups in total. The maximum absolute atomic E-state index is 12.0. The molecule has 0 radical (unpaired) electrons. The van der Waals surface area contributed by atoms with Crippen LogP contribution in [0.5, 0.6) is 5.75 Å². The first-order valence-electron chi connectivity index (χ1n) is 8.07. The fourth-order valence-corrected chi connectivity index (χ4v) is 3.02. The van der Waals surface area contributed by atoms with Crippen LogP contribution in [0.4, 0.5) is 0 Å². The van der Waals surface area contributed by atoms with Crippen LogP contribution in [-0.2, 0) is 24.3 Å². The maximum atomic E-state index is 12.0. The largest absolute Gasteiger partial charge is 0.495 e. The van der Waals surface area contributed by atoms with Gasteiger partial charge in [-0.25, -0.2) is 17.9 Å². The van der Waals surface area contributed by atoms with Gasteiger partial charge in [-0.15, -0.1) is 0 Å². The summed E-state index contributed by atoms with van der Waals surface area (Å²) >= 11 is 0. The van der Waals surface area contributed by atoms with E-state index in [1.807, 2.05) is 0 Å².